The fourth-order valence-electron chi connectivity index (χ4n) is 4.95. The van der Waals surface area contributed by atoms with Crippen LogP contribution in [0.2, 0.25) is 0 Å². The number of ether oxygens (including phenoxy) is 2. The van der Waals surface area contributed by atoms with Crippen molar-refractivity contribution in [2.75, 3.05) is 44.7 Å². The monoisotopic (exact) mass is 485 g/mol. The molecule has 0 unspecified atom stereocenters. The first-order valence-electron chi connectivity index (χ1n) is 12.0. The molecule has 1 atom stereocenters. The Balaban J connectivity index is 1.22. The van der Waals surface area contributed by atoms with Crippen LogP contribution in [0.1, 0.15) is 43.7 Å². The Kier molecular flexibility index (Phi) is 6.76. The molecule has 34 heavy (non-hydrogen) atoms. The molecule has 3 aliphatic heterocycles. The molecule has 0 radical (unpaired) electrons. The third kappa shape index (κ3) is 4.92. The van der Waals surface area contributed by atoms with E-state index in [0.717, 1.165) is 55.7 Å². The highest BCUT2D eigenvalue weighted by atomic mass is 32.2. The van der Waals surface area contributed by atoms with Gasteiger partial charge in [0, 0.05) is 31.2 Å². The van der Waals surface area contributed by atoms with Gasteiger partial charge in [-0.2, -0.15) is 4.31 Å². The zero-order chi connectivity index (χ0) is 23.5. The predicted octanol–water partition coefficient (Wildman–Crippen LogP) is 3.41. The Morgan fingerprint density at radius 3 is 2.41 bits per heavy atom. The number of rotatable bonds is 6. The first-order valence-corrected chi connectivity index (χ1v) is 13.5. The molecule has 0 spiro atoms. The summed E-state index contributed by atoms with van der Waals surface area (Å²) < 4.78 is 38.5. The van der Waals surface area contributed by atoms with Gasteiger partial charge in [0.15, 0.2) is 11.5 Å². The third-order valence-corrected chi connectivity index (χ3v) is 8.62. The SMILES string of the molecule is O=C(CN1CCC[C@H]1c1ccc2c(c1)OCCCO2)Nc1ccc(S(=O)(=O)N2CCCC2)cc1. The molecule has 1 amide bonds. The summed E-state index contributed by atoms with van der Waals surface area (Å²) in [6.45, 7) is 3.56. The summed E-state index contributed by atoms with van der Waals surface area (Å²) in [6.07, 6.45) is 4.67. The van der Waals surface area contributed by atoms with Crippen molar-refractivity contribution < 1.29 is 22.7 Å². The lowest BCUT2D eigenvalue weighted by atomic mass is 10.0. The van der Waals surface area contributed by atoms with E-state index in [1.54, 1.807) is 24.3 Å². The summed E-state index contributed by atoms with van der Waals surface area (Å²) in [5.41, 5.74) is 1.72. The minimum Gasteiger partial charge on any atom is -0.490 e. The molecule has 3 aliphatic rings. The van der Waals surface area contributed by atoms with Crippen molar-refractivity contribution >= 4 is 21.6 Å². The Bertz CT molecular complexity index is 1130. The molecular weight excluding hydrogens is 454 g/mol. The largest absolute Gasteiger partial charge is 0.490 e. The highest BCUT2D eigenvalue weighted by molar-refractivity contribution is 7.89. The van der Waals surface area contributed by atoms with E-state index in [1.807, 2.05) is 12.1 Å². The summed E-state index contributed by atoms with van der Waals surface area (Å²) in [5.74, 6) is 1.44. The van der Waals surface area contributed by atoms with E-state index >= 15 is 0 Å². The van der Waals surface area contributed by atoms with Crippen LogP contribution in [0.25, 0.3) is 0 Å². The standard InChI is InChI=1S/C25H31N3O5S/c29-25(26-20-7-9-21(10-8-20)34(30,31)28-13-1-2-14-28)18-27-12-3-5-22(27)19-6-11-23-24(17-19)33-16-4-15-32-23/h6-11,17,22H,1-5,12-16,18H2,(H,26,29)/t22-/m0/s1. The summed E-state index contributed by atoms with van der Waals surface area (Å²) in [6, 6.07) is 12.7. The number of sulfonamides is 1. The van der Waals surface area contributed by atoms with Crippen LogP contribution in [-0.2, 0) is 14.8 Å². The number of carbonyl (C=O) groups is 1. The number of fused-ring (bicyclic) bond motifs is 1. The topological polar surface area (TPSA) is 88.2 Å². The number of benzene rings is 2. The molecule has 2 fully saturated rings. The summed E-state index contributed by atoms with van der Waals surface area (Å²) in [7, 11) is -3.46. The molecule has 2 aromatic rings. The second-order valence-electron chi connectivity index (χ2n) is 9.07. The smallest absolute Gasteiger partial charge is 0.243 e. The molecule has 9 heteroatoms. The van der Waals surface area contributed by atoms with Gasteiger partial charge in [-0.05, 0) is 74.2 Å². The van der Waals surface area contributed by atoms with E-state index in [9.17, 15) is 13.2 Å². The van der Waals surface area contributed by atoms with Crippen LogP contribution in [-0.4, -0.2) is 62.9 Å². The van der Waals surface area contributed by atoms with Gasteiger partial charge in [-0.3, -0.25) is 9.69 Å². The molecule has 2 aromatic carbocycles. The molecule has 0 bridgehead atoms. The number of hydrogen-bond donors (Lipinski definition) is 1. The minimum absolute atomic E-state index is 0.114. The van der Waals surface area contributed by atoms with E-state index in [-0.39, 0.29) is 23.4 Å². The third-order valence-electron chi connectivity index (χ3n) is 6.71. The number of anilines is 1. The number of carbonyl (C=O) groups excluding carboxylic acids is 1. The van der Waals surface area contributed by atoms with Crippen molar-refractivity contribution in [2.45, 2.75) is 43.0 Å². The lowest BCUT2D eigenvalue weighted by Crippen LogP contribution is -2.33. The Morgan fingerprint density at radius 2 is 1.65 bits per heavy atom. The van der Waals surface area contributed by atoms with Gasteiger partial charge in [0.2, 0.25) is 15.9 Å². The highest BCUT2D eigenvalue weighted by Crippen LogP contribution is 2.37. The Labute approximate surface area is 200 Å². The van der Waals surface area contributed by atoms with Gasteiger partial charge in [0.25, 0.3) is 0 Å². The maximum atomic E-state index is 12.8. The maximum Gasteiger partial charge on any atom is 0.243 e. The molecule has 0 saturated carbocycles. The number of likely N-dealkylation sites (tertiary alicyclic amines) is 1. The lowest BCUT2D eigenvalue weighted by Gasteiger charge is -2.25. The highest BCUT2D eigenvalue weighted by Gasteiger charge is 2.29. The summed E-state index contributed by atoms with van der Waals surface area (Å²) in [5, 5.41) is 2.91. The van der Waals surface area contributed by atoms with Crippen molar-refractivity contribution in [1.29, 1.82) is 0 Å². The average Bonchev–Trinajstić information content (AvgIpc) is 3.48. The molecule has 0 aromatic heterocycles. The van der Waals surface area contributed by atoms with Gasteiger partial charge in [0.05, 0.1) is 24.7 Å². The van der Waals surface area contributed by atoms with Crippen molar-refractivity contribution in [3.8, 4) is 11.5 Å². The minimum atomic E-state index is -3.46. The first kappa shape index (κ1) is 23.1. The van der Waals surface area contributed by atoms with Crippen LogP contribution in [0.3, 0.4) is 0 Å². The van der Waals surface area contributed by atoms with Crippen LogP contribution in [0.4, 0.5) is 5.69 Å². The van der Waals surface area contributed by atoms with Gasteiger partial charge in [0.1, 0.15) is 0 Å². The summed E-state index contributed by atoms with van der Waals surface area (Å²) >= 11 is 0. The van der Waals surface area contributed by atoms with Gasteiger partial charge in [-0.1, -0.05) is 6.07 Å². The molecule has 1 N–H and O–H groups in total. The predicted molar refractivity (Wildman–Crippen MR) is 129 cm³/mol. The normalized spacial score (nSPS) is 21.4. The second-order valence-corrected chi connectivity index (χ2v) is 11.0. The van der Waals surface area contributed by atoms with E-state index in [2.05, 4.69) is 16.3 Å². The number of nitrogens with zero attached hydrogens (tertiary/aromatic N) is 2. The van der Waals surface area contributed by atoms with E-state index in [0.29, 0.717) is 32.0 Å². The Hall–Kier alpha value is -2.62. The van der Waals surface area contributed by atoms with Crippen molar-refractivity contribution in [3.05, 3.63) is 48.0 Å². The Morgan fingerprint density at radius 1 is 0.912 bits per heavy atom. The fraction of sp³-hybridized carbons (Fsp3) is 0.480. The van der Waals surface area contributed by atoms with Crippen LogP contribution >= 0.6 is 0 Å². The molecule has 2 saturated heterocycles. The molecule has 8 nitrogen and oxygen atoms in total. The van der Waals surface area contributed by atoms with Crippen LogP contribution in [0.5, 0.6) is 11.5 Å². The van der Waals surface area contributed by atoms with E-state index < -0.39 is 10.0 Å². The molecule has 3 heterocycles. The van der Waals surface area contributed by atoms with Crippen LogP contribution in [0, 0.1) is 0 Å². The number of amides is 1. The lowest BCUT2D eigenvalue weighted by molar-refractivity contribution is -0.117. The van der Waals surface area contributed by atoms with Gasteiger partial charge >= 0.3 is 0 Å². The van der Waals surface area contributed by atoms with Crippen molar-refractivity contribution in [2.24, 2.45) is 0 Å². The first-order chi connectivity index (χ1) is 16.5. The zero-order valence-corrected chi connectivity index (χ0v) is 20.1. The molecular formula is C25H31N3O5S. The number of nitrogens with one attached hydrogen (secondary N) is 1. The van der Waals surface area contributed by atoms with Crippen molar-refractivity contribution in [3.63, 3.8) is 0 Å². The quantitative estimate of drug-likeness (QED) is 0.675. The fourth-order valence-corrected chi connectivity index (χ4v) is 6.47. The summed E-state index contributed by atoms with van der Waals surface area (Å²) in [4.78, 5) is 15.2. The molecule has 5 rings (SSSR count). The van der Waals surface area contributed by atoms with E-state index in [1.165, 1.54) is 4.31 Å². The maximum absolute atomic E-state index is 12.8. The van der Waals surface area contributed by atoms with Gasteiger partial charge in [-0.15, -0.1) is 0 Å². The van der Waals surface area contributed by atoms with Crippen molar-refractivity contribution in [1.82, 2.24) is 9.21 Å². The second kappa shape index (κ2) is 9.93. The van der Waals surface area contributed by atoms with Crippen LogP contribution in [0.15, 0.2) is 47.4 Å². The van der Waals surface area contributed by atoms with Gasteiger partial charge < -0.3 is 14.8 Å². The number of hydrogen-bond acceptors (Lipinski definition) is 6. The molecule has 182 valence electrons. The average molecular weight is 486 g/mol. The van der Waals surface area contributed by atoms with Crippen LogP contribution < -0.4 is 14.8 Å². The van der Waals surface area contributed by atoms with Gasteiger partial charge in [-0.25, -0.2) is 8.42 Å². The zero-order valence-electron chi connectivity index (χ0n) is 19.2. The molecule has 0 aliphatic carbocycles. The van der Waals surface area contributed by atoms with E-state index in [4.69, 9.17) is 9.47 Å².